The van der Waals surface area contributed by atoms with E-state index in [9.17, 15) is 9.59 Å². The van der Waals surface area contributed by atoms with Gasteiger partial charge in [-0.2, -0.15) is 0 Å². The summed E-state index contributed by atoms with van der Waals surface area (Å²) < 4.78 is 5.30. The molecule has 1 aliphatic rings. The van der Waals surface area contributed by atoms with E-state index < -0.39 is 0 Å². The number of quaternary nitrogens is 1. The number of hydrogen-bond donors (Lipinski definition) is 2. The summed E-state index contributed by atoms with van der Waals surface area (Å²) in [6.07, 6.45) is 1.98. The lowest BCUT2D eigenvalue weighted by Crippen LogP contribution is -3.11. The van der Waals surface area contributed by atoms with Gasteiger partial charge in [0.2, 0.25) is 0 Å². The molecule has 1 aromatic heterocycles. The Morgan fingerprint density at radius 2 is 2.04 bits per heavy atom. The van der Waals surface area contributed by atoms with Crippen molar-refractivity contribution in [2.75, 3.05) is 25.0 Å². The topological polar surface area (TPSA) is 59.8 Å². The molecule has 1 amide bonds. The number of nitrogens with one attached hydrogen (secondary N) is 2. The first kappa shape index (κ1) is 20.6. The van der Waals surface area contributed by atoms with Crippen LogP contribution in [0.3, 0.4) is 0 Å². The molecule has 2 aromatic rings. The summed E-state index contributed by atoms with van der Waals surface area (Å²) in [6, 6.07) is 5.76. The van der Waals surface area contributed by atoms with Crippen molar-refractivity contribution in [2.24, 2.45) is 0 Å². The van der Waals surface area contributed by atoms with Crippen LogP contribution in [0, 0.1) is 13.8 Å². The summed E-state index contributed by atoms with van der Waals surface area (Å²) in [5, 5.41) is 3.62. The van der Waals surface area contributed by atoms with Crippen molar-refractivity contribution in [1.29, 1.82) is 0 Å². The number of hydrogen-bond acceptors (Lipinski definition) is 4. The van der Waals surface area contributed by atoms with Gasteiger partial charge in [-0.05, 0) is 44.4 Å². The van der Waals surface area contributed by atoms with Crippen molar-refractivity contribution in [1.82, 2.24) is 0 Å². The predicted molar refractivity (Wildman–Crippen MR) is 113 cm³/mol. The van der Waals surface area contributed by atoms with Gasteiger partial charge in [-0.15, -0.1) is 11.3 Å². The fraction of sp³-hybridized carbons (Fsp3) is 0.455. The van der Waals surface area contributed by atoms with Gasteiger partial charge in [-0.25, -0.2) is 4.79 Å². The van der Waals surface area contributed by atoms with Crippen LogP contribution in [-0.2, 0) is 17.7 Å². The van der Waals surface area contributed by atoms with Crippen LogP contribution in [0.4, 0.5) is 5.00 Å². The van der Waals surface area contributed by atoms with Gasteiger partial charge >= 0.3 is 5.97 Å². The Bertz CT molecular complexity index is 888. The van der Waals surface area contributed by atoms with Crippen LogP contribution in [0.15, 0.2) is 18.2 Å². The predicted octanol–water partition coefficient (Wildman–Crippen LogP) is 3.14. The molecule has 0 saturated heterocycles. The third kappa shape index (κ3) is 4.28. The molecule has 2 heterocycles. The summed E-state index contributed by atoms with van der Waals surface area (Å²) in [7, 11) is 0. The van der Waals surface area contributed by atoms with E-state index in [4.69, 9.17) is 4.74 Å². The molecule has 3 rings (SSSR count). The molecule has 0 bridgehead atoms. The standard InChI is InChI=1S/C22H28N2O3S/c1-5-10-24-11-9-17-18(13-24)28-21(19(17)22(26)27-6-2)23-20(25)16-8-7-14(3)12-15(16)4/h7-8,12H,5-6,9-11,13H2,1-4H3,(H,23,25)/p+1. The lowest BCUT2D eigenvalue weighted by atomic mass is 10.0. The highest BCUT2D eigenvalue weighted by Gasteiger charge is 2.31. The van der Waals surface area contributed by atoms with Crippen molar-refractivity contribution in [3.05, 3.63) is 50.9 Å². The van der Waals surface area contributed by atoms with Crippen LogP contribution in [0.25, 0.3) is 0 Å². The molecule has 1 aliphatic heterocycles. The van der Waals surface area contributed by atoms with E-state index in [1.807, 2.05) is 32.0 Å². The summed E-state index contributed by atoms with van der Waals surface area (Å²) in [6.45, 7) is 11.3. The number of thiophene rings is 1. The van der Waals surface area contributed by atoms with E-state index in [-0.39, 0.29) is 11.9 Å². The highest BCUT2D eigenvalue weighted by molar-refractivity contribution is 7.17. The van der Waals surface area contributed by atoms with Gasteiger partial charge in [-0.1, -0.05) is 24.6 Å². The zero-order valence-corrected chi connectivity index (χ0v) is 17.9. The smallest absolute Gasteiger partial charge is 0.341 e. The van der Waals surface area contributed by atoms with Gasteiger partial charge in [0.25, 0.3) is 5.91 Å². The maximum atomic E-state index is 12.9. The first-order chi connectivity index (χ1) is 13.4. The third-order valence-corrected chi connectivity index (χ3v) is 6.31. The normalized spacial score (nSPS) is 15.8. The second kappa shape index (κ2) is 8.88. The first-order valence-electron chi connectivity index (χ1n) is 9.98. The zero-order valence-electron chi connectivity index (χ0n) is 17.1. The van der Waals surface area contributed by atoms with Crippen LogP contribution >= 0.6 is 11.3 Å². The Kier molecular flexibility index (Phi) is 6.52. The fourth-order valence-corrected chi connectivity index (χ4v) is 5.15. The number of amides is 1. The highest BCUT2D eigenvalue weighted by Crippen LogP contribution is 2.35. The molecule has 0 aliphatic carbocycles. The van der Waals surface area contributed by atoms with E-state index in [0.717, 1.165) is 49.2 Å². The number of esters is 1. The minimum absolute atomic E-state index is 0.181. The van der Waals surface area contributed by atoms with Crippen LogP contribution in [0.2, 0.25) is 0 Å². The Balaban J connectivity index is 1.93. The quantitative estimate of drug-likeness (QED) is 0.731. The molecular weight excluding hydrogens is 372 g/mol. The molecule has 2 N–H and O–H groups in total. The van der Waals surface area contributed by atoms with Gasteiger partial charge in [0.15, 0.2) is 0 Å². The summed E-state index contributed by atoms with van der Waals surface area (Å²) in [5.74, 6) is -0.519. The van der Waals surface area contributed by atoms with Gasteiger partial charge in [0.05, 0.1) is 30.1 Å². The number of anilines is 1. The van der Waals surface area contributed by atoms with Crippen molar-refractivity contribution < 1.29 is 19.2 Å². The van der Waals surface area contributed by atoms with Crippen molar-refractivity contribution >= 4 is 28.2 Å². The van der Waals surface area contributed by atoms with Crippen LogP contribution in [0.1, 0.15) is 62.6 Å². The minimum atomic E-state index is -0.338. The highest BCUT2D eigenvalue weighted by atomic mass is 32.1. The lowest BCUT2D eigenvalue weighted by molar-refractivity contribution is -0.915. The monoisotopic (exact) mass is 401 g/mol. The average molecular weight is 402 g/mol. The third-order valence-electron chi connectivity index (χ3n) is 5.17. The molecule has 1 unspecified atom stereocenters. The number of aryl methyl sites for hydroxylation is 2. The summed E-state index contributed by atoms with van der Waals surface area (Å²) in [4.78, 5) is 28.3. The van der Waals surface area contributed by atoms with Crippen LogP contribution in [0.5, 0.6) is 0 Å². The molecule has 28 heavy (non-hydrogen) atoms. The van der Waals surface area contributed by atoms with Gasteiger partial charge < -0.3 is 15.0 Å². The molecule has 0 radical (unpaired) electrons. The minimum Gasteiger partial charge on any atom is -0.462 e. The van der Waals surface area contributed by atoms with Crippen molar-refractivity contribution in [3.8, 4) is 0 Å². The molecule has 5 nitrogen and oxygen atoms in total. The maximum absolute atomic E-state index is 12.9. The maximum Gasteiger partial charge on any atom is 0.341 e. The molecule has 0 spiro atoms. The number of carbonyl (C=O) groups is 2. The Morgan fingerprint density at radius 1 is 1.25 bits per heavy atom. The Morgan fingerprint density at radius 3 is 2.71 bits per heavy atom. The molecule has 0 saturated carbocycles. The van der Waals surface area contributed by atoms with E-state index in [2.05, 4.69) is 12.2 Å². The number of carbonyl (C=O) groups excluding carboxylic acids is 2. The Hall–Kier alpha value is -2.18. The fourth-order valence-electron chi connectivity index (χ4n) is 3.85. The van der Waals surface area contributed by atoms with E-state index >= 15 is 0 Å². The number of benzene rings is 1. The van der Waals surface area contributed by atoms with Crippen LogP contribution in [-0.4, -0.2) is 31.6 Å². The van der Waals surface area contributed by atoms with Crippen molar-refractivity contribution in [2.45, 2.75) is 47.1 Å². The van der Waals surface area contributed by atoms with E-state index in [1.54, 1.807) is 6.92 Å². The number of ether oxygens (including phenoxy) is 1. The van der Waals surface area contributed by atoms with Gasteiger partial charge in [0, 0.05) is 12.0 Å². The zero-order chi connectivity index (χ0) is 20.3. The van der Waals surface area contributed by atoms with Gasteiger partial charge in [-0.3, -0.25) is 4.79 Å². The van der Waals surface area contributed by atoms with Crippen LogP contribution < -0.4 is 10.2 Å². The second-order valence-corrected chi connectivity index (χ2v) is 8.48. The average Bonchev–Trinajstić information content (AvgIpc) is 2.99. The molecule has 1 aromatic carbocycles. The first-order valence-corrected chi connectivity index (χ1v) is 10.8. The largest absolute Gasteiger partial charge is 0.462 e. The summed E-state index contributed by atoms with van der Waals surface area (Å²) in [5.41, 5.74) is 4.28. The number of fused-ring (bicyclic) bond motifs is 1. The molecule has 150 valence electrons. The summed E-state index contributed by atoms with van der Waals surface area (Å²) >= 11 is 1.52. The Labute approximate surface area is 170 Å². The molecule has 1 atom stereocenters. The second-order valence-electron chi connectivity index (χ2n) is 7.38. The van der Waals surface area contributed by atoms with Crippen molar-refractivity contribution in [3.63, 3.8) is 0 Å². The van der Waals surface area contributed by atoms with E-state index in [0.29, 0.717) is 22.7 Å². The lowest BCUT2D eigenvalue weighted by Gasteiger charge is -2.23. The molecule has 0 fully saturated rings. The molecular formula is C22H29N2O3S+. The van der Waals surface area contributed by atoms with E-state index in [1.165, 1.54) is 21.1 Å². The number of rotatable bonds is 6. The molecule has 6 heteroatoms. The SMILES string of the molecule is CCC[NH+]1CCc2c(sc(NC(=O)c3ccc(C)cc3C)c2C(=O)OCC)C1. The van der Waals surface area contributed by atoms with Gasteiger partial charge in [0.1, 0.15) is 11.5 Å².